The number of hydrogen-bond donors (Lipinski definition) is 1. The normalized spacial score (nSPS) is 15.9. The summed E-state index contributed by atoms with van der Waals surface area (Å²) >= 11 is 0. The maximum Gasteiger partial charge on any atom is 0.255 e. The van der Waals surface area contributed by atoms with Gasteiger partial charge in [-0.1, -0.05) is 18.2 Å². The van der Waals surface area contributed by atoms with E-state index >= 15 is 0 Å². The van der Waals surface area contributed by atoms with E-state index < -0.39 is 0 Å². The van der Waals surface area contributed by atoms with Crippen molar-refractivity contribution in [3.8, 4) is 0 Å². The second-order valence-corrected chi connectivity index (χ2v) is 3.54. The SMILES string of the molecule is Cc1ccccc1C(=O)N1CCNC1. The van der Waals surface area contributed by atoms with Gasteiger partial charge in [0.2, 0.25) is 0 Å². The van der Waals surface area contributed by atoms with E-state index in [9.17, 15) is 4.79 Å². The number of amides is 1. The number of carbonyl (C=O) groups excluding carboxylic acids is 1. The van der Waals surface area contributed by atoms with Gasteiger partial charge in [-0.15, -0.1) is 0 Å². The second kappa shape index (κ2) is 3.80. The zero-order valence-corrected chi connectivity index (χ0v) is 8.29. The van der Waals surface area contributed by atoms with Crippen LogP contribution >= 0.6 is 0 Å². The Labute approximate surface area is 83.7 Å². The highest BCUT2D eigenvalue weighted by atomic mass is 16.2. The van der Waals surface area contributed by atoms with E-state index in [0.717, 1.165) is 24.2 Å². The summed E-state index contributed by atoms with van der Waals surface area (Å²) in [5.74, 6) is 0.133. The Morgan fingerprint density at radius 3 is 2.86 bits per heavy atom. The lowest BCUT2D eigenvalue weighted by molar-refractivity contribution is 0.0790. The molecule has 0 aromatic heterocycles. The minimum absolute atomic E-state index is 0.133. The molecule has 74 valence electrons. The molecule has 1 aromatic carbocycles. The molecule has 0 atom stereocenters. The van der Waals surface area contributed by atoms with Crippen molar-refractivity contribution in [1.82, 2.24) is 10.2 Å². The first-order valence-electron chi connectivity index (χ1n) is 4.84. The Hall–Kier alpha value is -1.35. The van der Waals surface area contributed by atoms with E-state index in [0.29, 0.717) is 6.67 Å². The molecular weight excluding hydrogens is 176 g/mol. The quantitative estimate of drug-likeness (QED) is 0.716. The van der Waals surface area contributed by atoms with Crippen LogP contribution in [-0.4, -0.2) is 30.6 Å². The van der Waals surface area contributed by atoms with E-state index in [1.165, 1.54) is 0 Å². The van der Waals surface area contributed by atoms with Crippen LogP contribution in [0, 0.1) is 6.92 Å². The van der Waals surface area contributed by atoms with Gasteiger partial charge in [0.25, 0.3) is 5.91 Å². The average Bonchev–Trinajstić information content (AvgIpc) is 2.70. The number of hydrogen-bond acceptors (Lipinski definition) is 2. The molecule has 0 radical (unpaired) electrons. The number of benzene rings is 1. The first kappa shape index (κ1) is 9.21. The van der Waals surface area contributed by atoms with Gasteiger partial charge in [-0.05, 0) is 18.6 Å². The van der Waals surface area contributed by atoms with Crippen molar-refractivity contribution in [2.24, 2.45) is 0 Å². The summed E-state index contributed by atoms with van der Waals surface area (Å²) in [6, 6.07) is 7.71. The zero-order chi connectivity index (χ0) is 9.97. The monoisotopic (exact) mass is 190 g/mol. The Balaban J connectivity index is 2.22. The smallest absolute Gasteiger partial charge is 0.255 e. The Bertz CT molecular complexity index is 343. The fourth-order valence-corrected chi connectivity index (χ4v) is 1.66. The zero-order valence-electron chi connectivity index (χ0n) is 8.29. The van der Waals surface area contributed by atoms with Crippen LogP contribution in [0.5, 0.6) is 0 Å². The summed E-state index contributed by atoms with van der Waals surface area (Å²) < 4.78 is 0. The maximum atomic E-state index is 12.0. The molecule has 3 nitrogen and oxygen atoms in total. The van der Waals surface area contributed by atoms with Crippen LogP contribution in [-0.2, 0) is 0 Å². The highest BCUT2D eigenvalue weighted by Gasteiger charge is 2.19. The van der Waals surface area contributed by atoms with Crippen LogP contribution in [0.4, 0.5) is 0 Å². The fourth-order valence-electron chi connectivity index (χ4n) is 1.66. The number of nitrogens with zero attached hydrogens (tertiary/aromatic N) is 1. The Morgan fingerprint density at radius 1 is 1.43 bits per heavy atom. The molecule has 0 bridgehead atoms. The number of carbonyl (C=O) groups is 1. The van der Waals surface area contributed by atoms with Crippen molar-refractivity contribution >= 4 is 5.91 Å². The van der Waals surface area contributed by atoms with Gasteiger partial charge in [-0.3, -0.25) is 10.1 Å². The molecule has 0 unspecified atom stereocenters. The second-order valence-electron chi connectivity index (χ2n) is 3.54. The summed E-state index contributed by atoms with van der Waals surface area (Å²) in [5.41, 5.74) is 1.86. The molecule has 14 heavy (non-hydrogen) atoms. The fraction of sp³-hybridized carbons (Fsp3) is 0.364. The minimum Gasteiger partial charge on any atom is -0.325 e. The van der Waals surface area contributed by atoms with Crippen LogP contribution in [0.15, 0.2) is 24.3 Å². The van der Waals surface area contributed by atoms with Crippen molar-refractivity contribution < 1.29 is 4.79 Å². The first-order valence-corrected chi connectivity index (χ1v) is 4.84. The minimum atomic E-state index is 0.133. The highest BCUT2D eigenvalue weighted by molar-refractivity contribution is 5.95. The molecule has 1 N–H and O–H groups in total. The molecule has 1 saturated heterocycles. The number of aryl methyl sites for hydroxylation is 1. The number of nitrogens with one attached hydrogen (secondary N) is 1. The lowest BCUT2D eigenvalue weighted by Crippen LogP contribution is -2.30. The largest absolute Gasteiger partial charge is 0.325 e. The summed E-state index contributed by atoms with van der Waals surface area (Å²) in [7, 11) is 0. The predicted octanol–water partition coefficient (Wildman–Crippen LogP) is 0.998. The standard InChI is InChI=1S/C11H14N2O/c1-9-4-2-3-5-10(9)11(14)13-7-6-12-8-13/h2-5,12H,6-8H2,1H3. The Kier molecular flexibility index (Phi) is 2.50. The molecule has 1 aliphatic rings. The van der Waals surface area contributed by atoms with Crippen LogP contribution in [0.1, 0.15) is 15.9 Å². The highest BCUT2D eigenvalue weighted by Crippen LogP contribution is 2.10. The van der Waals surface area contributed by atoms with E-state index in [4.69, 9.17) is 0 Å². The van der Waals surface area contributed by atoms with Crippen molar-refractivity contribution in [3.63, 3.8) is 0 Å². The third-order valence-electron chi connectivity index (χ3n) is 2.52. The van der Waals surface area contributed by atoms with Crippen molar-refractivity contribution in [2.45, 2.75) is 6.92 Å². The molecule has 2 rings (SSSR count). The molecule has 1 amide bonds. The van der Waals surface area contributed by atoms with Gasteiger partial charge in [-0.25, -0.2) is 0 Å². The van der Waals surface area contributed by atoms with E-state index in [1.54, 1.807) is 0 Å². The lowest BCUT2D eigenvalue weighted by Gasteiger charge is -2.15. The molecule has 0 saturated carbocycles. The van der Waals surface area contributed by atoms with Crippen LogP contribution in [0.25, 0.3) is 0 Å². The van der Waals surface area contributed by atoms with Crippen LogP contribution < -0.4 is 5.32 Å². The van der Waals surface area contributed by atoms with E-state index in [2.05, 4.69) is 5.32 Å². The van der Waals surface area contributed by atoms with Gasteiger partial charge in [0.1, 0.15) is 0 Å². The van der Waals surface area contributed by atoms with Gasteiger partial charge < -0.3 is 4.90 Å². The van der Waals surface area contributed by atoms with E-state index in [-0.39, 0.29) is 5.91 Å². The van der Waals surface area contributed by atoms with Gasteiger partial charge >= 0.3 is 0 Å². The summed E-state index contributed by atoms with van der Waals surface area (Å²) in [5, 5.41) is 3.15. The Morgan fingerprint density at radius 2 is 2.21 bits per heavy atom. The molecule has 0 spiro atoms. The summed E-state index contributed by atoms with van der Waals surface area (Å²) in [6.07, 6.45) is 0. The van der Waals surface area contributed by atoms with Gasteiger partial charge in [0.05, 0.1) is 6.67 Å². The van der Waals surface area contributed by atoms with Crippen molar-refractivity contribution in [2.75, 3.05) is 19.8 Å². The topological polar surface area (TPSA) is 32.3 Å². The first-order chi connectivity index (χ1) is 6.79. The third kappa shape index (κ3) is 1.63. The summed E-state index contributed by atoms with van der Waals surface area (Å²) in [4.78, 5) is 13.8. The molecule has 1 aromatic rings. The molecule has 1 aliphatic heterocycles. The average molecular weight is 190 g/mol. The van der Waals surface area contributed by atoms with E-state index in [1.807, 2.05) is 36.1 Å². The summed E-state index contributed by atoms with van der Waals surface area (Å²) in [6.45, 7) is 4.36. The molecule has 3 heteroatoms. The van der Waals surface area contributed by atoms with Gasteiger partial charge in [0, 0.05) is 18.7 Å². The lowest BCUT2D eigenvalue weighted by atomic mass is 10.1. The van der Waals surface area contributed by atoms with Crippen LogP contribution in [0.3, 0.4) is 0 Å². The van der Waals surface area contributed by atoms with Gasteiger partial charge in [0.15, 0.2) is 0 Å². The third-order valence-corrected chi connectivity index (χ3v) is 2.52. The van der Waals surface area contributed by atoms with Crippen molar-refractivity contribution in [3.05, 3.63) is 35.4 Å². The molecule has 1 heterocycles. The van der Waals surface area contributed by atoms with Crippen molar-refractivity contribution in [1.29, 1.82) is 0 Å². The molecule has 1 fully saturated rings. The molecular formula is C11H14N2O. The maximum absolute atomic E-state index is 12.0. The number of rotatable bonds is 1. The predicted molar refractivity (Wildman–Crippen MR) is 55.1 cm³/mol. The van der Waals surface area contributed by atoms with Gasteiger partial charge in [-0.2, -0.15) is 0 Å². The van der Waals surface area contributed by atoms with Crippen LogP contribution in [0.2, 0.25) is 0 Å². The molecule has 0 aliphatic carbocycles.